The van der Waals surface area contributed by atoms with E-state index in [1.165, 1.54) is 4.90 Å². The molecule has 19 heavy (non-hydrogen) atoms. The van der Waals surface area contributed by atoms with Crippen LogP contribution in [0.25, 0.3) is 0 Å². The smallest absolute Gasteiger partial charge is 0.239 e. The first kappa shape index (κ1) is 15.9. The van der Waals surface area contributed by atoms with E-state index in [0.717, 1.165) is 19.5 Å². The fraction of sp³-hybridized carbons (Fsp3) is 0.846. The van der Waals surface area contributed by atoms with E-state index in [1.807, 2.05) is 11.8 Å². The Morgan fingerprint density at radius 3 is 2.58 bits per heavy atom. The molecule has 2 N–H and O–H groups in total. The average molecular weight is 271 g/mol. The zero-order valence-electron chi connectivity index (χ0n) is 11.9. The van der Waals surface area contributed by atoms with Gasteiger partial charge in [-0.25, -0.2) is 0 Å². The van der Waals surface area contributed by atoms with Gasteiger partial charge in [-0.3, -0.25) is 14.5 Å². The molecule has 0 bridgehead atoms. The highest BCUT2D eigenvalue weighted by Crippen LogP contribution is 2.09. The van der Waals surface area contributed by atoms with Crippen LogP contribution in [0.5, 0.6) is 0 Å². The summed E-state index contributed by atoms with van der Waals surface area (Å²) in [5, 5.41) is 12.1. The lowest BCUT2D eigenvalue weighted by Gasteiger charge is -2.30. The summed E-state index contributed by atoms with van der Waals surface area (Å²) in [7, 11) is 1.65. The van der Waals surface area contributed by atoms with Crippen molar-refractivity contribution < 1.29 is 14.7 Å². The topological polar surface area (TPSA) is 72.9 Å². The van der Waals surface area contributed by atoms with Crippen LogP contribution in [0.1, 0.15) is 26.2 Å². The quantitative estimate of drug-likeness (QED) is 0.678. The van der Waals surface area contributed by atoms with Crippen LogP contribution >= 0.6 is 0 Å². The number of hydrogen-bond donors (Lipinski definition) is 2. The van der Waals surface area contributed by atoms with E-state index in [4.69, 9.17) is 0 Å². The van der Waals surface area contributed by atoms with Crippen LogP contribution in [0, 0.1) is 0 Å². The van der Waals surface area contributed by atoms with Crippen molar-refractivity contribution in [3.8, 4) is 0 Å². The molecule has 1 saturated heterocycles. The van der Waals surface area contributed by atoms with Gasteiger partial charge >= 0.3 is 0 Å². The van der Waals surface area contributed by atoms with Crippen molar-refractivity contribution in [3.63, 3.8) is 0 Å². The molecule has 1 aliphatic rings. The Hall–Kier alpha value is -1.14. The molecule has 2 amide bonds. The van der Waals surface area contributed by atoms with Crippen LogP contribution in [0.15, 0.2) is 0 Å². The molecule has 6 nitrogen and oxygen atoms in total. The van der Waals surface area contributed by atoms with Crippen molar-refractivity contribution in [3.05, 3.63) is 0 Å². The van der Waals surface area contributed by atoms with Gasteiger partial charge in [-0.2, -0.15) is 0 Å². The molecule has 0 spiro atoms. The molecule has 1 aliphatic heterocycles. The molecule has 0 radical (unpaired) electrons. The lowest BCUT2D eigenvalue weighted by molar-refractivity contribution is -0.136. The van der Waals surface area contributed by atoms with E-state index in [-0.39, 0.29) is 24.5 Å². The fourth-order valence-corrected chi connectivity index (χ4v) is 2.01. The third-order valence-electron chi connectivity index (χ3n) is 3.29. The molecule has 0 aromatic heterocycles. The summed E-state index contributed by atoms with van der Waals surface area (Å²) in [6.07, 6.45) is 2.09. The number of hydrogen-bond acceptors (Lipinski definition) is 4. The number of carbonyl (C=O) groups is 2. The first-order valence-corrected chi connectivity index (χ1v) is 6.94. The molecule has 0 unspecified atom stereocenters. The normalized spacial score (nSPS) is 17.2. The number of nitrogens with zero attached hydrogens (tertiary/aromatic N) is 2. The van der Waals surface area contributed by atoms with E-state index in [1.54, 1.807) is 7.05 Å². The summed E-state index contributed by atoms with van der Waals surface area (Å²) in [5.41, 5.74) is 0. The number of nitrogens with one attached hydrogen (secondary N) is 1. The van der Waals surface area contributed by atoms with Gasteiger partial charge in [0.25, 0.3) is 0 Å². The van der Waals surface area contributed by atoms with E-state index in [9.17, 15) is 14.7 Å². The highest BCUT2D eigenvalue weighted by Gasteiger charge is 2.21. The predicted octanol–water partition coefficient (Wildman–Crippen LogP) is -0.572. The summed E-state index contributed by atoms with van der Waals surface area (Å²) in [6.45, 7) is 4.54. The van der Waals surface area contributed by atoms with Crippen molar-refractivity contribution in [1.82, 2.24) is 15.1 Å². The van der Waals surface area contributed by atoms with E-state index >= 15 is 0 Å². The fourth-order valence-electron chi connectivity index (χ4n) is 2.01. The van der Waals surface area contributed by atoms with Gasteiger partial charge in [0.2, 0.25) is 11.8 Å². The zero-order valence-corrected chi connectivity index (χ0v) is 11.9. The van der Waals surface area contributed by atoms with Crippen LogP contribution in [0.4, 0.5) is 0 Å². The molecule has 1 heterocycles. The molecule has 0 atom stereocenters. The Morgan fingerprint density at radius 1 is 1.37 bits per heavy atom. The minimum atomic E-state index is -0.232. The zero-order chi connectivity index (χ0) is 14.3. The van der Waals surface area contributed by atoms with Crippen LogP contribution in [0.2, 0.25) is 0 Å². The third kappa shape index (κ3) is 6.02. The summed E-state index contributed by atoms with van der Waals surface area (Å²) in [4.78, 5) is 26.9. The second-order valence-electron chi connectivity index (χ2n) is 5.11. The second kappa shape index (κ2) is 8.12. The number of aliphatic hydroxyl groups excluding tert-OH is 1. The summed E-state index contributed by atoms with van der Waals surface area (Å²) in [6, 6.07) is 0. The van der Waals surface area contributed by atoms with Crippen LogP contribution < -0.4 is 5.32 Å². The number of carbonyl (C=O) groups excluding carboxylic acids is 2. The van der Waals surface area contributed by atoms with Crippen molar-refractivity contribution in [2.75, 3.05) is 39.8 Å². The highest BCUT2D eigenvalue weighted by atomic mass is 16.3. The predicted molar refractivity (Wildman–Crippen MR) is 72.6 cm³/mol. The minimum absolute atomic E-state index is 0.0527. The van der Waals surface area contributed by atoms with E-state index in [0.29, 0.717) is 25.9 Å². The van der Waals surface area contributed by atoms with Gasteiger partial charge < -0.3 is 15.3 Å². The van der Waals surface area contributed by atoms with Crippen LogP contribution in [-0.2, 0) is 9.59 Å². The van der Waals surface area contributed by atoms with Gasteiger partial charge in [0.1, 0.15) is 0 Å². The minimum Gasteiger partial charge on any atom is -0.393 e. The molecule has 0 aromatic rings. The molecular weight excluding hydrogens is 246 g/mol. The maximum absolute atomic E-state index is 11.9. The lowest BCUT2D eigenvalue weighted by Crippen LogP contribution is -2.45. The maximum atomic E-state index is 11.9. The number of aliphatic hydroxyl groups is 1. The standard InChI is InChI=1S/C13H25N3O3/c1-3-6-14-12(18)9-15(2)13(19)10-16-7-4-11(17)5-8-16/h11,17H,3-10H2,1-2H3,(H,14,18). The maximum Gasteiger partial charge on any atom is 0.239 e. The summed E-state index contributed by atoms with van der Waals surface area (Å²) >= 11 is 0. The first-order valence-electron chi connectivity index (χ1n) is 6.94. The van der Waals surface area contributed by atoms with Gasteiger partial charge in [0, 0.05) is 26.7 Å². The van der Waals surface area contributed by atoms with Gasteiger partial charge in [-0.1, -0.05) is 6.92 Å². The van der Waals surface area contributed by atoms with Crippen molar-refractivity contribution in [1.29, 1.82) is 0 Å². The van der Waals surface area contributed by atoms with Crippen molar-refractivity contribution in [2.24, 2.45) is 0 Å². The SMILES string of the molecule is CCCNC(=O)CN(C)C(=O)CN1CCC(O)CC1. The molecule has 0 saturated carbocycles. The van der Waals surface area contributed by atoms with E-state index < -0.39 is 0 Å². The van der Waals surface area contributed by atoms with Gasteiger partial charge in [-0.05, 0) is 19.3 Å². The number of rotatable bonds is 6. The summed E-state index contributed by atoms with van der Waals surface area (Å²) in [5.74, 6) is -0.171. The molecule has 0 aromatic carbocycles. The number of piperidine rings is 1. The number of likely N-dealkylation sites (N-methyl/N-ethyl adjacent to an activating group) is 1. The first-order chi connectivity index (χ1) is 9.02. The molecule has 6 heteroatoms. The molecule has 1 fully saturated rings. The third-order valence-corrected chi connectivity index (χ3v) is 3.29. The Balaban J connectivity index is 2.26. The van der Waals surface area contributed by atoms with Crippen molar-refractivity contribution in [2.45, 2.75) is 32.3 Å². The van der Waals surface area contributed by atoms with Crippen molar-refractivity contribution >= 4 is 11.8 Å². The number of likely N-dealkylation sites (tertiary alicyclic amines) is 1. The molecule has 110 valence electrons. The molecule has 0 aliphatic carbocycles. The summed E-state index contributed by atoms with van der Waals surface area (Å²) < 4.78 is 0. The Morgan fingerprint density at radius 2 is 2.00 bits per heavy atom. The van der Waals surface area contributed by atoms with E-state index in [2.05, 4.69) is 5.32 Å². The number of amides is 2. The Bertz CT molecular complexity index is 302. The van der Waals surface area contributed by atoms with Gasteiger partial charge in [0.05, 0.1) is 19.2 Å². The molecule has 1 rings (SSSR count). The van der Waals surface area contributed by atoms with Gasteiger partial charge in [-0.15, -0.1) is 0 Å². The largest absolute Gasteiger partial charge is 0.393 e. The van der Waals surface area contributed by atoms with Gasteiger partial charge in [0.15, 0.2) is 0 Å². The molecular formula is C13H25N3O3. The Labute approximate surface area is 114 Å². The second-order valence-corrected chi connectivity index (χ2v) is 5.11. The highest BCUT2D eigenvalue weighted by molar-refractivity contribution is 5.85. The lowest BCUT2D eigenvalue weighted by atomic mass is 10.1. The van der Waals surface area contributed by atoms with Crippen LogP contribution in [-0.4, -0.2) is 72.6 Å². The monoisotopic (exact) mass is 271 g/mol. The average Bonchev–Trinajstić information content (AvgIpc) is 2.39. The Kier molecular flexibility index (Phi) is 6.80. The van der Waals surface area contributed by atoms with Crippen LogP contribution in [0.3, 0.4) is 0 Å².